The van der Waals surface area contributed by atoms with Crippen LogP contribution < -0.4 is 21.7 Å². The second-order valence-electron chi connectivity index (χ2n) is 5.44. The third-order valence-electron chi connectivity index (χ3n) is 3.39. The van der Waals surface area contributed by atoms with Gasteiger partial charge in [0, 0.05) is 24.5 Å². The lowest BCUT2D eigenvalue weighted by Crippen LogP contribution is -2.16. The molecule has 0 bridgehead atoms. The van der Waals surface area contributed by atoms with E-state index in [9.17, 15) is 19.6 Å². The molecule has 0 saturated heterocycles. The molecule has 0 aliphatic heterocycles. The molecule has 27 heavy (non-hydrogen) atoms. The predicted octanol–water partition coefficient (Wildman–Crippen LogP) is 2.20. The van der Waals surface area contributed by atoms with E-state index in [2.05, 4.69) is 16.0 Å². The van der Waals surface area contributed by atoms with Crippen LogP contribution in [0.3, 0.4) is 0 Å². The summed E-state index contributed by atoms with van der Waals surface area (Å²) in [5.74, 6) is -1.47. The van der Waals surface area contributed by atoms with E-state index < -0.39 is 11.8 Å². The zero-order valence-corrected chi connectivity index (χ0v) is 14.4. The molecule has 0 aliphatic rings. The Balaban J connectivity index is 2.10. The van der Waals surface area contributed by atoms with Gasteiger partial charge in [-0.05, 0) is 36.4 Å². The van der Waals surface area contributed by atoms with Crippen LogP contribution >= 0.6 is 0 Å². The van der Waals surface area contributed by atoms with Gasteiger partial charge >= 0.3 is 0 Å². The minimum atomic E-state index is -0.631. The van der Waals surface area contributed by atoms with Gasteiger partial charge in [0.05, 0.1) is 11.3 Å². The molecule has 0 aromatic heterocycles. The van der Waals surface area contributed by atoms with Crippen LogP contribution in [0.5, 0.6) is 0 Å². The number of primary amides is 1. The number of benzene rings is 2. The molecule has 136 valence electrons. The van der Waals surface area contributed by atoms with Crippen molar-refractivity contribution in [2.24, 2.45) is 5.73 Å². The molecule has 0 atom stereocenters. The Labute approximate surface area is 155 Å². The first-order chi connectivity index (χ1) is 12.9. The Morgan fingerprint density at radius 1 is 1.00 bits per heavy atom. The average Bonchev–Trinajstić information content (AvgIpc) is 2.63. The summed E-state index contributed by atoms with van der Waals surface area (Å²) in [7, 11) is 0. The van der Waals surface area contributed by atoms with E-state index in [-0.39, 0.29) is 17.0 Å². The molecule has 0 heterocycles. The van der Waals surface area contributed by atoms with Crippen molar-refractivity contribution in [3.63, 3.8) is 0 Å². The van der Waals surface area contributed by atoms with Crippen molar-refractivity contribution in [1.82, 2.24) is 0 Å². The van der Waals surface area contributed by atoms with Crippen LogP contribution in [0.4, 0.5) is 17.1 Å². The quantitative estimate of drug-likeness (QED) is 0.460. The highest BCUT2D eigenvalue weighted by molar-refractivity contribution is 6.07. The first-order valence-corrected chi connectivity index (χ1v) is 7.85. The van der Waals surface area contributed by atoms with Crippen LogP contribution in [0.1, 0.15) is 17.3 Å². The molecule has 0 radical (unpaired) electrons. The summed E-state index contributed by atoms with van der Waals surface area (Å²) in [5.41, 5.74) is 6.75. The topological polar surface area (TPSA) is 137 Å². The third kappa shape index (κ3) is 5.44. The SMILES string of the molecule is CC(=O)Nc1ccc(NC(=O)/C(C#N)=C\Nc2ccccc2C(N)=O)cc1. The van der Waals surface area contributed by atoms with Gasteiger partial charge in [-0.1, -0.05) is 12.1 Å². The largest absolute Gasteiger partial charge is 0.366 e. The molecule has 3 amide bonds. The molecule has 5 N–H and O–H groups in total. The van der Waals surface area contributed by atoms with Gasteiger partial charge in [-0.25, -0.2) is 0 Å². The highest BCUT2D eigenvalue weighted by Gasteiger charge is 2.11. The highest BCUT2D eigenvalue weighted by Crippen LogP contribution is 2.16. The van der Waals surface area contributed by atoms with E-state index in [1.807, 2.05) is 0 Å². The monoisotopic (exact) mass is 363 g/mol. The van der Waals surface area contributed by atoms with E-state index in [4.69, 9.17) is 5.73 Å². The van der Waals surface area contributed by atoms with Gasteiger partial charge in [0.15, 0.2) is 0 Å². The fourth-order valence-corrected chi connectivity index (χ4v) is 2.16. The second kappa shape index (κ2) is 8.82. The van der Waals surface area contributed by atoms with E-state index in [0.29, 0.717) is 17.1 Å². The first-order valence-electron chi connectivity index (χ1n) is 7.85. The predicted molar refractivity (Wildman–Crippen MR) is 102 cm³/mol. The minimum Gasteiger partial charge on any atom is -0.366 e. The fraction of sp³-hybridized carbons (Fsp3) is 0.0526. The second-order valence-corrected chi connectivity index (χ2v) is 5.44. The lowest BCUT2D eigenvalue weighted by Gasteiger charge is -2.08. The molecule has 2 aromatic carbocycles. The van der Waals surface area contributed by atoms with Crippen LogP contribution in [-0.4, -0.2) is 17.7 Å². The number of nitrogens with zero attached hydrogens (tertiary/aromatic N) is 1. The Morgan fingerprint density at radius 3 is 2.15 bits per heavy atom. The van der Waals surface area contributed by atoms with Crippen LogP contribution in [-0.2, 0) is 9.59 Å². The standard InChI is InChI=1S/C19H17N5O3/c1-12(25)23-14-6-8-15(9-7-14)24-19(27)13(10-20)11-22-17-5-3-2-4-16(17)18(21)26/h2-9,11,22H,1H3,(H2,21,26)(H,23,25)(H,24,27)/b13-11-. The molecule has 0 spiro atoms. The van der Waals surface area contributed by atoms with Crippen molar-refractivity contribution in [2.45, 2.75) is 6.92 Å². The van der Waals surface area contributed by atoms with Gasteiger partial charge < -0.3 is 21.7 Å². The maximum atomic E-state index is 12.2. The van der Waals surface area contributed by atoms with Gasteiger partial charge in [0.1, 0.15) is 11.6 Å². The number of carbonyl (C=O) groups excluding carboxylic acids is 3. The molecule has 0 fully saturated rings. The lowest BCUT2D eigenvalue weighted by atomic mass is 10.1. The van der Waals surface area contributed by atoms with Crippen LogP contribution in [0.25, 0.3) is 0 Å². The Bertz CT molecular complexity index is 943. The summed E-state index contributed by atoms with van der Waals surface area (Å²) in [6.07, 6.45) is 1.20. The van der Waals surface area contributed by atoms with Crippen molar-refractivity contribution in [1.29, 1.82) is 5.26 Å². The number of hydrogen-bond acceptors (Lipinski definition) is 5. The highest BCUT2D eigenvalue weighted by atomic mass is 16.2. The van der Waals surface area contributed by atoms with Crippen molar-refractivity contribution < 1.29 is 14.4 Å². The van der Waals surface area contributed by atoms with Crippen molar-refractivity contribution in [3.8, 4) is 6.07 Å². The molecule has 8 nitrogen and oxygen atoms in total. The number of nitrogens with one attached hydrogen (secondary N) is 3. The summed E-state index contributed by atoms with van der Waals surface area (Å²) < 4.78 is 0. The maximum absolute atomic E-state index is 12.2. The number of nitrogens with two attached hydrogens (primary N) is 1. The van der Waals surface area contributed by atoms with Gasteiger partial charge in [-0.2, -0.15) is 5.26 Å². The minimum absolute atomic E-state index is 0.194. The van der Waals surface area contributed by atoms with E-state index >= 15 is 0 Å². The Kier molecular flexibility index (Phi) is 6.28. The molecule has 0 unspecified atom stereocenters. The summed E-state index contributed by atoms with van der Waals surface area (Å²) in [6, 6.07) is 14.7. The normalized spacial score (nSPS) is 10.4. The number of carbonyl (C=O) groups is 3. The van der Waals surface area contributed by atoms with E-state index in [1.54, 1.807) is 48.5 Å². The zero-order chi connectivity index (χ0) is 19.8. The van der Waals surface area contributed by atoms with Crippen molar-refractivity contribution in [3.05, 3.63) is 65.9 Å². The summed E-state index contributed by atoms with van der Waals surface area (Å²) in [4.78, 5) is 34.6. The van der Waals surface area contributed by atoms with Crippen molar-refractivity contribution in [2.75, 3.05) is 16.0 Å². The summed E-state index contributed by atoms with van der Waals surface area (Å²) >= 11 is 0. The van der Waals surface area contributed by atoms with E-state index in [0.717, 1.165) is 0 Å². The Hall–Kier alpha value is -4.12. The van der Waals surface area contributed by atoms with E-state index in [1.165, 1.54) is 19.2 Å². The molecule has 0 aliphatic carbocycles. The van der Waals surface area contributed by atoms with Gasteiger partial charge in [0.25, 0.3) is 11.8 Å². The number of nitriles is 1. The summed E-state index contributed by atoms with van der Waals surface area (Å²) in [5, 5.41) is 17.1. The molecule has 8 heteroatoms. The fourth-order valence-electron chi connectivity index (χ4n) is 2.16. The van der Waals surface area contributed by atoms with Crippen LogP contribution in [0.2, 0.25) is 0 Å². The van der Waals surface area contributed by atoms with Gasteiger partial charge in [0.2, 0.25) is 5.91 Å². The summed E-state index contributed by atoms with van der Waals surface area (Å²) in [6.45, 7) is 1.39. The van der Waals surface area contributed by atoms with Crippen LogP contribution in [0.15, 0.2) is 60.3 Å². The maximum Gasteiger partial charge on any atom is 0.267 e. The van der Waals surface area contributed by atoms with Gasteiger partial charge in [-0.3, -0.25) is 14.4 Å². The first kappa shape index (κ1) is 19.2. The lowest BCUT2D eigenvalue weighted by molar-refractivity contribution is -0.114. The number of hydrogen-bond donors (Lipinski definition) is 4. The molecular weight excluding hydrogens is 346 g/mol. The van der Waals surface area contributed by atoms with Crippen LogP contribution in [0, 0.1) is 11.3 Å². The molecule has 2 rings (SSSR count). The van der Waals surface area contributed by atoms with Crippen molar-refractivity contribution >= 4 is 34.8 Å². The van der Waals surface area contributed by atoms with Gasteiger partial charge in [-0.15, -0.1) is 0 Å². The smallest absolute Gasteiger partial charge is 0.267 e. The molecule has 2 aromatic rings. The number of anilines is 3. The third-order valence-corrected chi connectivity index (χ3v) is 3.39. The number of para-hydroxylation sites is 1. The molecular formula is C19H17N5O3. The molecule has 0 saturated carbocycles. The zero-order valence-electron chi connectivity index (χ0n) is 14.4. The number of amides is 3. The number of rotatable bonds is 6. The Morgan fingerprint density at radius 2 is 1.59 bits per heavy atom. The average molecular weight is 363 g/mol.